The number of aryl methyl sites for hydroxylation is 1. The zero-order valence-electron chi connectivity index (χ0n) is 14.0. The molecule has 1 aliphatic rings. The smallest absolute Gasteiger partial charge is 0.290 e. The van der Waals surface area contributed by atoms with E-state index in [0.717, 1.165) is 31.0 Å². The summed E-state index contributed by atoms with van der Waals surface area (Å²) in [5.74, 6) is 0.297. The number of hydrogen-bond donors (Lipinski definition) is 1. The second-order valence-electron chi connectivity index (χ2n) is 5.83. The number of benzene rings is 2. The maximum atomic E-state index is 11.6. The molecule has 3 rings (SSSR count). The van der Waals surface area contributed by atoms with Gasteiger partial charge in [-0.25, -0.2) is 0 Å². The Hall–Kier alpha value is -2.24. The number of halogens is 1. The van der Waals surface area contributed by atoms with Crippen molar-refractivity contribution in [3.8, 4) is 5.75 Å². The number of nitrogens with one attached hydrogen (secondary N) is 1. The van der Waals surface area contributed by atoms with Gasteiger partial charge in [0, 0.05) is 0 Å². The minimum atomic E-state index is -0.394. The van der Waals surface area contributed by atoms with Crippen LogP contribution in [0.5, 0.6) is 5.75 Å². The van der Waals surface area contributed by atoms with Gasteiger partial charge in [-0.1, -0.05) is 41.9 Å². The van der Waals surface area contributed by atoms with E-state index in [0.29, 0.717) is 27.8 Å². The number of amides is 2. The van der Waals surface area contributed by atoms with E-state index in [1.807, 2.05) is 24.3 Å². The van der Waals surface area contributed by atoms with Crippen LogP contribution < -0.4 is 10.1 Å². The Morgan fingerprint density at radius 3 is 2.58 bits per heavy atom. The zero-order valence-corrected chi connectivity index (χ0v) is 15.6. The summed E-state index contributed by atoms with van der Waals surface area (Å²) in [6, 6.07) is 15.7. The minimum absolute atomic E-state index is 0.339. The fraction of sp³-hybridized carbons (Fsp3) is 0.200. The van der Waals surface area contributed by atoms with E-state index in [2.05, 4.69) is 17.4 Å². The van der Waals surface area contributed by atoms with Crippen LogP contribution in [0.1, 0.15) is 24.0 Å². The standard InChI is InChI=1S/C20H18ClNO3S/c21-17-13-16(25-11-5-4-8-14-6-2-1-3-7-14)10-9-15(17)12-18-19(23)22-20(24)26-18/h1-3,6-7,9-10,12-13H,4-5,8,11H2,(H,22,23,24)/b18-12-. The Labute approximate surface area is 161 Å². The van der Waals surface area contributed by atoms with Gasteiger partial charge in [0.1, 0.15) is 5.75 Å². The summed E-state index contributed by atoms with van der Waals surface area (Å²) in [4.78, 5) is 23.1. The van der Waals surface area contributed by atoms with Crippen LogP contribution in [0.15, 0.2) is 53.4 Å². The molecule has 134 valence electrons. The van der Waals surface area contributed by atoms with Crippen LogP contribution in [0, 0.1) is 0 Å². The number of unbranched alkanes of at least 4 members (excludes halogenated alkanes) is 1. The van der Waals surface area contributed by atoms with Crippen LogP contribution in [0.3, 0.4) is 0 Å². The third kappa shape index (κ3) is 5.13. The molecule has 1 heterocycles. The summed E-state index contributed by atoms with van der Waals surface area (Å²) in [7, 11) is 0. The molecule has 0 saturated carbocycles. The minimum Gasteiger partial charge on any atom is -0.494 e. The monoisotopic (exact) mass is 387 g/mol. The zero-order chi connectivity index (χ0) is 18.4. The molecule has 4 nitrogen and oxygen atoms in total. The molecule has 26 heavy (non-hydrogen) atoms. The van der Waals surface area contributed by atoms with Crippen molar-refractivity contribution in [2.45, 2.75) is 19.3 Å². The first kappa shape index (κ1) is 18.5. The van der Waals surface area contributed by atoms with Gasteiger partial charge in [0.25, 0.3) is 11.1 Å². The summed E-state index contributed by atoms with van der Waals surface area (Å²) < 4.78 is 5.74. The van der Waals surface area contributed by atoms with Crippen LogP contribution >= 0.6 is 23.4 Å². The van der Waals surface area contributed by atoms with Crippen LogP contribution in [0.25, 0.3) is 6.08 Å². The summed E-state index contributed by atoms with van der Waals surface area (Å²) in [6.45, 7) is 0.621. The van der Waals surface area contributed by atoms with E-state index < -0.39 is 5.91 Å². The largest absolute Gasteiger partial charge is 0.494 e. The van der Waals surface area contributed by atoms with Crippen molar-refractivity contribution in [2.75, 3.05) is 6.61 Å². The van der Waals surface area contributed by atoms with Crippen molar-refractivity contribution in [1.29, 1.82) is 0 Å². The van der Waals surface area contributed by atoms with Gasteiger partial charge in [-0.15, -0.1) is 0 Å². The first-order valence-corrected chi connectivity index (χ1v) is 9.52. The second-order valence-corrected chi connectivity index (χ2v) is 7.25. The molecule has 0 bridgehead atoms. The SMILES string of the molecule is O=C1NC(=O)/C(=C/c2ccc(OCCCCc3ccccc3)cc2Cl)S1. The predicted octanol–water partition coefficient (Wildman–Crippen LogP) is 5.07. The van der Waals surface area contributed by atoms with E-state index in [1.54, 1.807) is 18.2 Å². The van der Waals surface area contributed by atoms with E-state index in [4.69, 9.17) is 16.3 Å². The molecule has 2 amide bonds. The van der Waals surface area contributed by atoms with Crippen LogP contribution in [-0.2, 0) is 11.2 Å². The van der Waals surface area contributed by atoms with Crippen LogP contribution in [-0.4, -0.2) is 17.8 Å². The summed E-state index contributed by atoms with van der Waals surface area (Å²) in [5.41, 5.74) is 2.01. The molecule has 0 unspecified atom stereocenters. The number of ether oxygens (including phenoxy) is 1. The normalized spacial score (nSPS) is 15.3. The molecule has 6 heteroatoms. The lowest BCUT2D eigenvalue weighted by Crippen LogP contribution is -2.17. The van der Waals surface area contributed by atoms with Crippen molar-refractivity contribution >= 4 is 40.6 Å². The fourth-order valence-corrected chi connectivity index (χ4v) is 3.44. The number of imide groups is 1. The molecule has 0 spiro atoms. The highest BCUT2D eigenvalue weighted by atomic mass is 35.5. The van der Waals surface area contributed by atoms with E-state index >= 15 is 0 Å². The van der Waals surface area contributed by atoms with Gasteiger partial charge in [-0.3, -0.25) is 14.9 Å². The summed E-state index contributed by atoms with van der Waals surface area (Å²) in [6.07, 6.45) is 4.66. The number of rotatable bonds is 7. The number of carbonyl (C=O) groups is 2. The number of hydrogen-bond acceptors (Lipinski definition) is 4. The Morgan fingerprint density at radius 2 is 1.88 bits per heavy atom. The molecule has 1 saturated heterocycles. The van der Waals surface area contributed by atoms with Crippen molar-refractivity contribution in [3.05, 3.63) is 69.6 Å². The number of carbonyl (C=O) groups excluding carboxylic acids is 2. The molecular formula is C20H18ClNO3S. The van der Waals surface area contributed by atoms with Crippen molar-refractivity contribution < 1.29 is 14.3 Å². The molecule has 2 aromatic carbocycles. The molecule has 1 N–H and O–H groups in total. The lowest BCUT2D eigenvalue weighted by molar-refractivity contribution is -0.115. The molecule has 1 aliphatic heterocycles. The molecule has 0 atom stereocenters. The van der Waals surface area contributed by atoms with Gasteiger partial charge < -0.3 is 4.74 Å². The highest BCUT2D eigenvalue weighted by molar-refractivity contribution is 8.18. The number of thioether (sulfide) groups is 1. The molecular weight excluding hydrogens is 370 g/mol. The summed E-state index contributed by atoms with van der Waals surface area (Å²) >= 11 is 7.13. The molecule has 0 aromatic heterocycles. The van der Waals surface area contributed by atoms with Gasteiger partial charge in [0.15, 0.2) is 0 Å². The Morgan fingerprint density at radius 1 is 1.08 bits per heavy atom. The quantitative estimate of drug-likeness (QED) is 0.532. The van der Waals surface area contributed by atoms with Gasteiger partial charge >= 0.3 is 0 Å². The van der Waals surface area contributed by atoms with Gasteiger partial charge in [0.05, 0.1) is 16.5 Å². The summed E-state index contributed by atoms with van der Waals surface area (Å²) in [5, 5.41) is 2.33. The maximum absolute atomic E-state index is 11.6. The average molecular weight is 388 g/mol. The van der Waals surface area contributed by atoms with Crippen molar-refractivity contribution in [2.24, 2.45) is 0 Å². The third-order valence-electron chi connectivity index (χ3n) is 3.87. The average Bonchev–Trinajstić information content (AvgIpc) is 2.95. The molecule has 1 fully saturated rings. The van der Waals surface area contributed by atoms with Gasteiger partial charge in [0.2, 0.25) is 0 Å². The third-order valence-corrected chi connectivity index (χ3v) is 5.01. The first-order chi connectivity index (χ1) is 12.6. The van der Waals surface area contributed by atoms with E-state index in [9.17, 15) is 9.59 Å². The highest BCUT2D eigenvalue weighted by Crippen LogP contribution is 2.30. The van der Waals surface area contributed by atoms with E-state index in [1.165, 1.54) is 5.56 Å². The lowest BCUT2D eigenvalue weighted by Gasteiger charge is -2.08. The molecule has 0 radical (unpaired) electrons. The Kier molecular flexibility index (Phi) is 6.36. The van der Waals surface area contributed by atoms with Crippen LogP contribution in [0.4, 0.5) is 4.79 Å². The van der Waals surface area contributed by atoms with Crippen molar-refractivity contribution in [1.82, 2.24) is 5.32 Å². The Balaban J connectivity index is 1.49. The predicted molar refractivity (Wildman–Crippen MR) is 105 cm³/mol. The second kappa shape index (κ2) is 8.92. The highest BCUT2D eigenvalue weighted by Gasteiger charge is 2.25. The fourth-order valence-electron chi connectivity index (χ4n) is 2.54. The van der Waals surface area contributed by atoms with Crippen LogP contribution in [0.2, 0.25) is 5.02 Å². The molecule has 2 aromatic rings. The first-order valence-electron chi connectivity index (χ1n) is 8.33. The lowest BCUT2D eigenvalue weighted by atomic mass is 10.1. The van der Waals surface area contributed by atoms with Crippen molar-refractivity contribution in [3.63, 3.8) is 0 Å². The maximum Gasteiger partial charge on any atom is 0.290 e. The van der Waals surface area contributed by atoms with E-state index in [-0.39, 0.29) is 5.24 Å². The molecule has 0 aliphatic carbocycles. The van der Waals surface area contributed by atoms with Gasteiger partial charge in [-0.05, 0) is 66.4 Å². The topological polar surface area (TPSA) is 55.4 Å². The Bertz CT molecular complexity index is 836. The van der Waals surface area contributed by atoms with Gasteiger partial charge in [-0.2, -0.15) is 0 Å².